The number of nitro groups is 1. The second-order valence-corrected chi connectivity index (χ2v) is 7.14. The Kier molecular flexibility index (Phi) is 4.80. The molecule has 28 heavy (non-hydrogen) atoms. The van der Waals surface area contributed by atoms with Crippen molar-refractivity contribution < 1.29 is 9.66 Å². The first-order chi connectivity index (χ1) is 13.5. The van der Waals surface area contributed by atoms with E-state index in [2.05, 4.69) is 20.3 Å². The molecule has 4 aromatic rings. The van der Waals surface area contributed by atoms with E-state index in [0.29, 0.717) is 39.3 Å². The number of thiophene rings is 1. The molecular formula is C17H13ClN6O3S. The summed E-state index contributed by atoms with van der Waals surface area (Å²) in [4.78, 5) is 24.2. The van der Waals surface area contributed by atoms with Crippen molar-refractivity contribution in [2.45, 2.75) is 6.54 Å². The molecule has 0 bridgehead atoms. The summed E-state index contributed by atoms with van der Waals surface area (Å²) in [6, 6.07) is 6.92. The van der Waals surface area contributed by atoms with Gasteiger partial charge in [0.1, 0.15) is 22.7 Å². The number of hydrogen-bond acceptors (Lipinski definition) is 8. The lowest BCUT2D eigenvalue weighted by Crippen LogP contribution is -2.06. The molecule has 9 nitrogen and oxygen atoms in total. The van der Waals surface area contributed by atoms with E-state index in [1.165, 1.54) is 6.07 Å². The maximum atomic E-state index is 11.2. The van der Waals surface area contributed by atoms with Crippen molar-refractivity contribution in [3.8, 4) is 11.7 Å². The fourth-order valence-corrected chi connectivity index (χ4v) is 3.74. The quantitative estimate of drug-likeness (QED) is 0.373. The zero-order valence-corrected chi connectivity index (χ0v) is 16.1. The van der Waals surface area contributed by atoms with Gasteiger partial charge in [-0.3, -0.25) is 14.7 Å². The molecule has 0 aliphatic rings. The third kappa shape index (κ3) is 3.47. The van der Waals surface area contributed by atoms with E-state index in [1.54, 1.807) is 42.5 Å². The van der Waals surface area contributed by atoms with Gasteiger partial charge in [0, 0.05) is 25.0 Å². The Morgan fingerprint density at radius 1 is 1.36 bits per heavy atom. The summed E-state index contributed by atoms with van der Waals surface area (Å²) in [5.41, 5.74) is 0.909. The minimum atomic E-state index is -0.434. The average molecular weight is 417 g/mol. The molecule has 1 aromatic carbocycles. The van der Waals surface area contributed by atoms with Gasteiger partial charge in [0.2, 0.25) is 5.95 Å². The van der Waals surface area contributed by atoms with E-state index in [0.717, 1.165) is 16.9 Å². The molecule has 4 rings (SSSR count). The van der Waals surface area contributed by atoms with Crippen LogP contribution in [0.15, 0.2) is 43.0 Å². The van der Waals surface area contributed by atoms with Gasteiger partial charge in [0.05, 0.1) is 22.4 Å². The first-order valence-electron chi connectivity index (χ1n) is 8.06. The van der Waals surface area contributed by atoms with Crippen molar-refractivity contribution in [1.29, 1.82) is 0 Å². The smallest absolute Gasteiger partial charge is 0.326 e. The number of imidazole rings is 1. The van der Waals surface area contributed by atoms with E-state index < -0.39 is 4.92 Å². The number of benzene rings is 1. The minimum absolute atomic E-state index is 0.00243. The molecule has 142 valence electrons. The first kappa shape index (κ1) is 18.1. The van der Waals surface area contributed by atoms with Gasteiger partial charge in [0.15, 0.2) is 0 Å². The fraction of sp³-hybridized carbons (Fsp3) is 0.118. The molecule has 0 unspecified atom stereocenters. The Bertz CT molecular complexity index is 1160. The van der Waals surface area contributed by atoms with Crippen molar-refractivity contribution in [3.63, 3.8) is 0 Å². The normalized spacial score (nSPS) is 10.9. The van der Waals surface area contributed by atoms with Gasteiger partial charge in [-0.2, -0.15) is 4.98 Å². The van der Waals surface area contributed by atoms with Crippen LogP contribution < -0.4 is 10.1 Å². The monoisotopic (exact) mass is 416 g/mol. The van der Waals surface area contributed by atoms with Crippen LogP contribution in [0.4, 0.5) is 10.8 Å². The molecule has 0 aliphatic carbocycles. The highest BCUT2D eigenvalue weighted by atomic mass is 35.5. The van der Waals surface area contributed by atoms with Crippen LogP contribution in [0, 0.1) is 10.1 Å². The van der Waals surface area contributed by atoms with Gasteiger partial charge in [-0.15, -0.1) is 0 Å². The van der Waals surface area contributed by atoms with Gasteiger partial charge in [0.25, 0.3) is 0 Å². The number of hydrogen-bond donors (Lipinski definition) is 1. The Labute approximate surface area is 167 Å². The molecule has 0 atom stereocenters. The second-order valence-electron chi connectivity index (χ2n) is 5.73. The summed E-state index contributed by atoms with van der Waals surface area (Å²) >= 11 is 7.17. The van der Waals surface area contributed by atoms with Crippen LogP contribution in [0.5, 0.6) is 5.75 Å². The van der Waals surface area contributed by atoms with Crippen LogP contribution >= 0.6 is 22.9 Å². The average Bonchev–Trinajstić information content (AvgIpc) is 3.35. The molecule has 11 heteroatoms. The number of nitrogens with zero attached hydrogens (tertiary/aromatic N) is 5. The van der Waals surface area contributed by atoms with E-state index >= 15 is 0 Å². The van der Waals surface area contributed by atoms with Crippen LogP contribution in [0.2, 0.25) is 5.02 Å². The molecule has 1 N–H and O–H groups in total. The third-order valence-corrected chi connectivity index (χ3v) is 5.24. The van der Waals surface area contributed by atoms with Crippen molar-refractivity contribution in [1.82, 2.24) is 19.5 Å². The molecule has 0 spiro atoms. The predicted molar refractivity (Wildman–Crippen MR) is 107 cm³/mol. The van der Waals surface area contributed by atoms with Gasteiger partial charge in [-0.05, 0) is 29.0 Å². The molecule has 0 fully saturated rings. The summed E-state index contributed by atoms with van der Waals surface area (Å²) in [5.74, 6) is 1.45. The number of rotatable bonds is 6. The summed E-state index contributed by atoms with van der Waals surface area (Å²) in [6.45, 7) is 0.419. The van der Waals surface area contributed by atoms with Crippen molar-refractivity contribution in [2.24, 2.45) is 0 Å². The summed E-state index contributed by atoms with van der Waals surface area (Å²) in [5, 5.41) is 15.5. The lowest BCUT2D eigenvalue weighted by molar-refractivity contribution is -0.380. The summed E-state index contributed by atoms with van der Waals surface area (Å²) in [6.07, 6.45) is 4.88. The SMILES string of the molecule is COc1ccc(CNc2nc(-n3ccnc3)nc3sc([N+](=O)[O-])cc23)cc1Cl. The number of fused-ring (bicyclic) bond motifs is 1. The van der Waals surface area contributed by atoms with Gasteiger partial charge in [-0.25, -0.2) is 9.97 Å². The number of anilines is 1. The third-order valence-electron chi connectivity index (χ3n) is 3.96. The molecule has 0 aliphatic heterocycles. The molecule has 0 saturated heterocycles. The van der Waals surface area contributed by atoms with E-state index in [4.69, 9.17) is 16.3 Å². The zero-order chi connectivity index (χ0) is 19.7. The van der Waals surface area contributed by atoms with E-state index in [-0.39, 0.29) is 5.00 Å². The summed E-state index contributed by atoms with van der Waals surface area (Å²) in [7, 11) is 1.55. The van der Waals surface area contributed by atoms with Crippen LogP contribution in [-0.2, 0) is 6.54 Å². The van der Waals surface area contributed by atoms with E-state index in [1.807, 2.05) is 6.07 Å². The molecular weight excluding hydrogens is 404 g/mol. The molecule has 3 heterocycles. The molecule has 0 radical (unpaired) electrons. The van der Waals surface area contributed by atoms with Crippen LogP contribution in [0.25, 0.3) is 16.2 Å². The predicted octanol–water partition coefficient (Wildman–Crippen LogP) is 4.06. The Balaban J connectivity index is 1.71. The number of nitrogens with one attached hydrogen (secondary N) is 1. The first-order valence-corrected chi connectivity index (χ1v) is 9.25. The number of methoxy groups -OCH3 is 1. The van der Waals surface area contributed by atoms with Crippen LogP contribution in [0.3, 0.4) is 0 Å². The highest BCUT2D eigenvalue weighted by Crippen LogP contribution is 2.34. The van der Waals surface area contributed by atoms with E-state index in [9.17, 15) is 10.1 Å². The topological polar surface area (TPSA) is 108 Å². The Morgan fingerprint density at radius 2 is 2.21 bits per heavy atom. The van der Waals surface area contributed by atoms with Gasteiger partial charge >= 0.3 is 5.00 Å². The Morgan fingerprint density at radius 3 is 2.89 bits per heavy atom. The maximum absolute atomic E-state index is 11.2. The van der Waals surface area contributed by atoms with Crippen molar-refractivity contribution in [3.05, 3.63) is 63.7 Å². The Hall–Kier alpha value is -3.24. The zero-order valence-electron chi connectivity index (χ0n) is 14.5. The summed E-state index contributed by atoms with van der Waals surface area (Å²) < 4.78 is 6.80. The van der Waals surface area contributed by atoms with Crippen molar-refractivity contribution >= 4 is 44.0 Å². The van der Waals surface area contributed by atoms with Crippen LogP contribution in [0.1, 0.15) is 5.56 Å². The lowest BCUT2D eigenvalue weighted by atomic mass is 10.2. The number of ether oxygens (including phenoxy) is 1. The number of aromatic nitrogens is 4. The van der Waals surface area contributed by atoms with Gasteiger partial charge < -0.3 is 10.1 Å². The maximum Gasteiger partial charge on any atom is 0.326 e. The minimum Gasteiger partial charge on any atom is -0.495 e. The highest BCUT2D eigenvalue weighted by molar-refractivity contribution is 7.21. The fourth-order valence-electron chi connectivity index (χ4n) is 2.62. The number of halogens is 1. The highest BCUT2D eigenvalue weighted by Gasteiger charge is 2.18. The van der Waals surface area contributed by atoms with Crippen LogP contribution in [-0.4, -0.2) is 31.6 Å². The lowest BCUT2D eigenvalue weighted by Gasteiger charge is -2.10. The second kappa shape index (κ2) is 7.41. The largest absolute Gasteiger partial charge is 0.495 e. The van der Waals surface area contributed by atoms with Crippen molar-refractivity contribution in [2.75, 3.05) is 12.4 Å². The molecule has 0 saturated carbocycles. The van der Waals surface area contributed by atoms with Gasteiger partial charge in [-0.1, -0.05) is 17.7 Å². The molecule has 3 aromatic heterocycles. The standard InChI is InChI=1S/C17H13ClN6O3S/c1-27-13-3-2-10(6-12(13)18)8-20-15-11-7-14(24(25)26)28-16(11)22-17(21-15)23-5-4-19-9-23/h2-7,9H,8H2,1H3,(H,20,21,22). The molecule has 0 amide bonds.